The monoisotopic (exact) mass is 556 g/mol. The van der Waals surface area contributed by atoms with Crippen LogP contribution in [0.4, 0.5) is 10.8 Å². The summed E-state index contributed by atoms with van der Waals surface area (Å²) in [4.78, 5) is 7.75. The van der Waals surface area contributed by atoms with E-state index in [2.05, 4.69) is 17.0 Å². The van der Waals surface area contributed by atoms with Crippen LogP contribution in [0.3, 0.4) is 0 Å². The van der Waals surface area contributed by atoms with E-state index >= 15 is 0 Å². The summed E-state index contributed by atoms with van der Waals surface area (Å²) in [5.74, 6) is 0.795. The van der Waals surface area contributed by atoms with Gasteiger partial charge < -0.3 is 9.64 Å². The normalized spacial score (nSPS) is 15.2. The minimum Gasteiger partial charge on any atom is -0.497 e. The van der Waals surface area contributed by atoms with Crippen molar-refractivity contribution < 1.29 is 4.74 Å². The van der Waals surface area contributed by atoms with Crippen molar-refractivity contribution in [3.63, 3.8) is 0 Å². The molecule has 0 spiro atoms. The summed E-state index contributed by atoms with van der Waals surface area (Å²) in [6.45, 7) is 0.732. The van der Waals surface area contributed by atoms with Crippen LogP contribution in [0.25, 0.3) is 0 Å². The van der Waals surface area contributed by atoms with Gasteiger partial charge in [-0.25, -0.2) is 4.98 Å². The number of hydrogen-bond donors (Lipinski definition) is 0. The van der Waals surface area contributed by atoms with E-state index in [9.17, 15) is 0 Å². The van der Waals surface area contributed by atoms with Gasteiger partial charge in [-0.1, -0.05) is 76.5 Å². The molecule has 3 aromatic carbocycles. The predicted octanol–water partition coefficient (Wildman–Crippen LogP) is 8.10. The van der Waals surface area contributed by atoms with E-state index in [1.165, 1.54) is 5.56 Å². The highest BCUT2D eigenvalue weighted by molar-refractivity contribution is 7.16. The molecule has 1 atom stereocenters. The lowest BCUT2D eigenvalue weighted by atomic mass is 10.0. The molecule has 0 fully saturated rings. The summed E-state index contributed by atoms with van der Waals surface area (Å²) < 4.78 is 5.31. The van der Waals surface area contributed by atoms with E-state index in [4.69, 9.17) is 49.6 Å². The molecule has 0 aliphatic carbocycles. The number of hydrazone groups is 1. The van der Waals surface area contributed by atoms with Gasteiger partial charge in [-0.15, -0.1) is 0 Å². The first kappa shape index (κ1) is 24.9. The maximum absolute atomic E-state index is 6.75. The smallest absolute Gasteiger partial charge is 0.187 e. The van der Waals surface area contributed by atoms with Crippen molar-refractivity contribution in [2.24, 2.45) is 5.10 Å². The molecule has 1 aliphatic rings. The van der Waals surface area contributed by atoms with E-state index in [1.54, 1.807) is 24.5 Å². The van der Waals surface area contributed by atoms with E-state index < -0.39 is 0 Å². The third-order valence-electron chi connectivity index (χ3n) is 5.94. The number of ether oxygens (including phenoxy) is 1. The van der Waals surface area contributed by atoms with Crippen LogP contribution in [0.1, 0.15) is 28.5 Å². The molecule has 0 saturated heterocycles. The molecule has 1 aliphatic heterocycles. The Balaban J connectivity index is 1.49. The molecule has 0 bridgehead atoms. The molecule has 0 radical (unpaired) electrons. The lowest BCUT2D eigenvalue weighted by Crippen LogP contribution is -2.18. The van der Waals surface area contributed by atoms with E-state index in [1.807, 2.05) is 66.7 Å². The van der Waals surface area contributed by atoms with Gasteiger partial charge in [0.1, 0.15) is 10.9 Å². The molecular formula is C27H23Cl3N4OS. The number of methoxy groups -OCH3 is 1. The summed E-state index contributed by atoms with van der Waals surface area (Å²) in [5, 5.41) is 9.34. The Hall–Kier alpha value is -2.77. The van der Waals surface area contributed by atoms with Gasteiger partial charge >= 0.3 is 0 Å². The second-order valence-corrected chi connectivity index (χ2v) is 10.7. The molecule has 1 unspecified atom stereocenters. The predicted molar refractivity (Wildman–Crippen MR) is 152 cm³/mol. The van der Waals surface area contributed by atoms with Gasteiger partial charge in [-0.2, -0.15) is 5.10 Å². The van der Waals surface area contributed by atoms with E-state index in [-0.39, 0.29) is 6.04 Å². The summed E-state index contributed by atoms with van der Waals surface area (Å²) >= 11 is 21.0. The first-order chi connectivity index (χ1) is 17.4. The SMILES string of the molecule is COc1ccc(C2=NN(c3cc(Cl)cc(Cl)c3)C(c3sc(N(C)Cc4ccccc4)nc3Cl)C2)cc1. The van der Waals surface area contributed by atoms with Crippen LogP contribution >= 0.6 is 46.1 Å². The van der Waals surface area contributed by atoms with Crippen molar-refractivity contribution in [3.05, 3.63) is 104 Å². The maximum atomic E-state index is 6.75. The van der Waals surface area contributed by atoms with E-state index in [0.29, 0.717) is 21.6 Å². The number of anilines is 2. The number of nitrogens with zero attached hydrogens (tertiary/aromatic N) is 4. The fourth-order valence-electron chi connectivity index (χ4n) is 4.18. The number of aromatic nitrogens is 1. The highest BCUT2D eigenvalue weighted by Crippen LogP contribution is 2.44. The van der Waals surface area contributed by atoms with Crippen molar-refractivity contribution in [2.45, 2.75) is 19.0 Å². The zero-order valence-corrected chi connectivity index (χ0v) is 22.7. The molecule has 36 heavy (non-hydrogen) atoms. The zero-order chi connectivity index (χ0) is 25.2. The van der Waals surface area contributed by atoms with Crippen LogP contribution < -0.4 is 14.6 Å². The van der Waals surface area contributed by atoms with Crippen molar-refractivity contribution >= 4 is 62.7 Å². The molecule has 1 aromatic heterocycles. The van der Waals surface area contributed by atoms with Crippen LogP contribution in [0, 0.1) is 0 Å². The molecular weight excluding hydrogens is 535 g/mol. The van der Waals surface area contributed by atoms with Gasteiger partial charge in [-0.3, -0.25) is 5.01 Å². The minimum atomic E-state index is -0.152. The molecule has 4 aromatic rings. The minimum absolute atomic E-state index is 0.152. The number of hydrogen-bond acceptors (Lipinski definition) is 6. The molecule has 5 nitrogen and oxygen atoms in total. The number of thiazole rings is 1. The van der Waals surface area contributed by atoms with Gasteiger partial charge in [0, 0.05) is 30.1 Å². The average molecular weight is 558 g/mol. The summed E-state index contributed by atoms with van der Waals surface area (Å²) in [6, 6.07) is 23.4. The summed E-state index contributed by atoms with van der Waals surface area (Å²) in [7, 11) is 3.68. The Morgan fingerprint density at radius 2 is 1.69 bits per heavy atom. The quantitative estimate of drug-likeness (QED) is 0.230. The Morgan fingerprint density at radius 1 is 1.00 bits per heavy atom. The Morgan fingerprint density at radius 3 is 2.36 bits per heavy atom. The first-order valence-electron chi connectivity index (χ1n) is 11.3. The van der Waals surface area contributed by atoms with Crippen LogP contribution in [-0.4, -0.2) is 24.9 Å². The van der Waals surface area contributed by atoms with Gasteiger partial charge in [-0.05, 0) is 53.6 Å². The fourth-order valence-corrected chi connectivity index (χ4v) is 6.07. The van der Waals surface area contributed by atoms with Crippen molar-refractivity contribution in [1.29, 1.82) is 0 Å². The van der Waals surface area contributed by atoms with E-state index in [0.717, 1.165) is 39.3 Å². The largest absolute Gasteiger partial charge is 0.497 e. The van der Waals surface area contributed by atoms with Gasteiger partial charge in [0.15, 0.2) is 5.13 Å². The van der Waals surface area contributed by atoms with Crippen molar-refractivity contribution in [1.82, 2.24) is 4.98 Å². The van der Waals surface area contributed by atoms with Gasteiger partial charge in [0.25, 0.3) is 0 Å². The first-order valence-corrected chi connectivity index (χ1v) is 13.2. The third-order valence-corrected chi connectivity index (χ3v) is 8.04. The molecule has 9 heteroatoms. The van der Waals surface area contributed by atoms with Crippen LogP contribution in [0.15, 0.2) is 77.9 Å². The highest BCUT2D eigenvalue weighted by Gasteiger charge is 2.34. The Kier molecular flexibility index (Phi) is 7.39. The number of benzene rings is 3. The molecule has 5 rings (SSSR count). The van der Waals surface area contributed by atoms with Crippen LogP contribution in [0.5, 0.6) is 5.75 Å². The highest BCUT2D eigenvalue weighted by atomic mass is 35.5. The van der Waals surface area contributed by atoms with Crippen LogP contribution in [0.2, 0.25) is 15.2 Å². The van der Waals surface area contributed by atoms with Gasteiger partial charge in [0.05, 0.1) is 29.4 Å². The molecule has 184 valence electrons. The molecule has 0 N–H and O–H groups in total. The number of halogens is 3. The summed E-state index contributed by atoms with van der Waals surface area (Å²) in [5.41, 5.74) is 3.94. The molecule has 2 heterocycles. The lowest BCUT2D eigenvalue weighted by molar-refractivity contribution is 0.415. The Labute approximate surface area is 229 Å². The standard InChI is InChI=1S/C27H23Cl3N4OS/c1-33(16-17-6-4-3-5-7-17)27-31-26(30)25(36-27)24-15-23(18-8-10-22(35-2)11-9-18)32-34(24)21-13-19(28)12-20(29)14-21/h3-14,24H,15-16H2,1-2H3. The average Bonchev–Trinajstić information content (AvgIpc) is 3.48. The Bertz CT molecular complexity index is 1370. The lowest BCUT2D eigenvalue weighted by Gasteiger charge is -2.23. The summed E-state index contributed by atoms with van der Waals surface area (Å²) in [6.07, 6.45) is 0.653. The van der Waals surface area contributed by atoms with Crippen molar-refractivity contribution in [3.8, 4) is 5.75 Å². The number of rotatable bonds is 7. The molecule has 0 amide bonds. The van der Waals surface area contributed by atoms with Crippen LogP contribution in [-0.2, 0) is 6.54 Å². The topological polar surface area (TPSA) is 41.0 Å². The fraction of sp³-hybridized carbons (Fsp3) is 0.185. The second kappa shape index (κ2) is 10.7. The second-order valence-electron chi connectivity index (χ2n) is 8.46. The van der Waals surface area contributed by atoms with Crippen molar-refractivity contribution in [2.75, 3.05) is 24.1 Å². The maximum Gasteiger partial charge on any atom is 0.187 e. The zero-order valence-electron chi connectivity index (χ0n) is 19.7. The third kappa shape index (κ3) is 5.32. The van der Waals surface area contributed by atoms with Gasteiger partial charge in [0.2, 0.25) is 0 Å². The molecule has 0 saturated carbocycles.